The highest BCUT2D eigenvalue weighted by molar-refractivity contribution is 7.81. The van der Waals surface area contributed by atoms with E-state index in [-0.39, 0.29) is 23.4 Å². The van der Waals surface area contributed by atoms with Crippen LogP contribution in [-0.2, 0) is 11.3 Å². The van der Waals surface area contributed by atoms with Crippen LogP contribution < -0.4 is 0 Å². The van der Waals surface area contributed by atoms with Crippen molar-refractivity contribution in [1.82, 2.24) is 4.90 Å². The Kier molecular flexibility index (Phi) is 4.63. The van der Waals surface area contributed by atoms with E-state index in [9.17, 15) is 14.9 Å². The second-order valence-corrected chi connectivity index (χ2v) is 5.19. The molecule has 1 aliphatic rings. The van der Waals surface area contributed by atoms with Gasteiger partial charge in [0.25, 0.3) is 5.69 Å². The van der Waals surface area contributed by atoms with Crippen molar-refractivity contribution in [3.8, 4) is 0 Å². The molecule has 2 rings (SSSR count). The van der Waals surface area contributed by atoms with Gasteiger partial charge in [-0.1, -0.05) is 5.16 Å². The van der Waals surface area contributed by atoms with Gasteiger partial charge >= 0.3 is 6.09 Å². The minimum Gasteiger partial charge on any atom is -0.444 e. The summed E-state index contributed by atoms with van der Waals surface area (Å²) < 4.78 is 5.08. The van der Waals surface area contributed by atoms with Gasteiger partial charge in [-0.3, -0.25) is 15.0 Å². The third kappa shape index (κ3) is 3.63. The number of oxime groups is 1. The maximum Gasteiger partial charge on any atom is 0.415 e. The molecule has 8 nitrogen and oxygen atoms in total. The van der Waals surface area contributed by atoms with Gasteiger partial charge in [-0.15, -0.1) is 0 Å². The van der Waals surface area contributed by atoms with Gasteiger partial charge in [-0.2, -0.15) is 12.6 Å². The quantitative estimate of drug-likeness (QED) is 0.384. The normalized spacial score (nSPS) is 19.8. The summed E-state index contributed by atoms with van der Waals surface area (Å²) in [6, 6.07) is 5.70. The number of amidine groups is 1. The fourth-order valence-electron chi connectivity index (χ4n) is 1.91. The lowest BCUT2D eigenvalue weighted by Gasteiger charge is -2.15. The van der Waals surface area contributed by atoms with Crippen LogP contribution in [0.5, 0.6) is 0 Å². The summed E-state index contributed by atoms with van der Waals surface area (Å²) >= 11 is 4.22. The molecule has 0 bridgehead atoms. The molecule has 0 spiro atoms. The molecule has 0 radical (unpaired) electrons. The fraction of sp³-hybridized carbons (Fsp3) is 0.333. The predicted octanol–water partition coefficient (Wildman–Crippen LogP) is 2.02. The van der Waals surface area contributed by atoms with E-state index in [1.54, 1.807) is 0 Å². The molecule has 0 unspecified atom stereocenters. The SMILES string of the molecule is O=C(OCc1ccc([N+](=O)[O-])cc1)N1C[C@@H](S)CC1=NO. The van der Waals surface area contributed by atoms with Gasteiger partial charge in [0.1, 0.15) is 6.61 Å². The van der Waals surface area contributed by atoms with Crippen LogP contribution >= 0.6 is 12.6 Å². The van der Waals surface area contributed by atoms with Gasteiger partial charge in [-0.25, -0.2) is 4.79 Å². The molecule has 21 heavy (non-hydrogen) atoms. The van der Waals surface area contributed by atoms with Crippen LogP contribution in [0.4, 0.5) is 10.5 Å². The van der Waals surface area contributed by atoms with E-state index < -0.39 is 11.0 Å². The van der Waals surface area contributed by atoms with E-state index >= 15 is 0 Å². The number of nitrogens with zero attached hydrogens (tertiary/aromatic N) is 3. The van der Waals surface area contributed by atoms with E-state index in [2.05, 4.69) is 17.8 Å². The van der Waals surface area contributed by atoms with Gasteiger partial charge < -0.3 is 9.94 Å². The topological polar surface area (TPSA) is 105 Å². The van der Waals surface area contributed by atoms with E-state index in [4.69, 9.17) is 9.94 Å². The lowest BCUT2D eigenvalue weighted by atomic mass is 10.2. The summed E-state index contributed by atoms with van der Waals surface area (Å²) in [5, 5.41) is 22.3. The summed E-state index contributed by atoms with van der Waals surface area (Å²) in [6.07, 6.45) is -0.260. The molecular weight excluding hydrogens is 298 g/mol. The Morgan fingerprint density at radius 1 is 1.52 bits per heavy atom. The molecule has 1 N–H and O–H groups in total. The average molecular weight is 311 g/mol. The second-order valence-electron chi connectivity index (χ2n) is 4.46. The Balaban J connectivity index is 1.93. The van der Waals surface area contributed by atoms with Gasteiger partial charge in [0, 0.05) is 30.3 Å². The molecule has 1 aromatic carbocycles. The summed E-state index contributed by atoms with van der Waals surface area (Å²) in [7, 11) is 0. The number of rotatable bonds is 3. The number of nitro groups is 1. The molecule has 0 aromatic heterocycles. The Bertz CT molecular complexity index is 575. The summed E-state index contributed by atoms with van der Waals surface area (Å²) in [5.41, 5.74) is 0.593. The average Bonchev–Trinajstić information content (AvgIpc) is 2.86. The van der Waals surface area contributed by atoms with Crippen LogP contribution in [0, 0.1) is 10.1 Å². The summed E-state index contributed by atoms with van der Waals surface area (Å²) in [6.45, 7) is 0.283. The number of likely N-dealkylation sites (tertiary alicyclic amines) is 1. The van der Waals surface area contributed by atoms with Crippen LogP contribution in [-0.4, -0.2) is 38.8 Å². The minimum atomic E-state index is -0.641. The fourth-order valence-corrected chi connectivity index (χ4v) is 2.24. The number of non-ortho nitro benzene ring substituents is 1. The van der Waals surface area contributed by atoms with Crippen molar-refractivity contribution in [3.05, 3.63) is 39.9 Å². The van der Waals surface area contributed by atoms with E-state index in [1.807, 2.05) is 0 Å². The molecule has 1 amide bonds. The molecule has 0 aliphatic carbocycles. The Morgan fingerprint density at radius 3 is 2.76 bits per heavy atom. The van der Waals surface area contributed by atoms with Crippen molar-refractivity contribution in [1.29, 1.82) is 0 Å². The smallest absolute Gasteiger partial charge is 0.415 e. The number of hydrogen-bond donors (Lipinski definition) is 2. The monoisotopic (exact) mass is 311 g/mol. The van der Waals surface area contributed by atoms with Gasteiger partial charge in [0.2, 0.25) is 0 Å². The zero-order valence-corrected chi connectivity index (χ0v) is 11.8. The molecule has 1 atom stereocenters. The predicted molar refractivity (Wildman–Crippen MR) is 76.6 cm³/mol. The van der Waals surface area contributed by atoms with E-state index in [1.165, 1.54) is 29.2 Å². The number of carbonyl (C=O) groups excluding carboxylic acids is 1. The third-order valence-electron chi connectivity index (χ3n) is 2.97. The van der Waals surface area contributed by atoms with Crippen molar-refractivity contribution >= 4 is 30.2 Å². The van der Waals surface area contributed by atoms with Gasteiger partial charge in [0.05, 0.1) is 4.92 Å². The number of nitro benzene ring substituents is 1. The van der Waals surface area contributed by atoms with Crippen LogP contribution in [0.3, 0.4) is 0 Å². The minimum absolute atomic E-state index is 0.0245. The first kappa shape index (κ1) is 15.1. The zero-order valence-electron chi connectivity index (χ0n) is 10.9. The van der Waals surface area contributed by atoms with Crippen LogP contribution in [0.25, 0.3) is 0 Å². The number of carbonyl (C=O) groups is 1. The first-order valence-corrected chi connectivity index (χ1v) is 6.59. The second kappa shape index (κ2) is 6.44. The van der Waals surface area contributed by atoms with Crippen molar-refractivity contribution in [2.75, 3.05) is 6.54 Å². The van der Waals surface area contributed by atoms with Crippen molar-refractivity contribution in [2.45, 2.75) is 18.3 Å². The summed E-state index contributed by atoms with van der Waals surface area (Å²) in [5.74, 6) is 0.212. The van der Waals surface area contributed by atoms with Crippen LogP contribution in [0.2, 0.25) is 0 Å². The first-order valence-electron chi connectivity index (χ1n) is 6.08. The molecule has 9 heteroatoms. The highest BCUT2D eigenvalue weighted by Crippen LogP contribution is 2.19. The number of amides is 1. The molecular formula is C12H13N3O5S. The highest BCUT2D eigenvalue weighted by atomic mass is 32.1. The van der Waals surface area contributed by atoms with Gasteiger partial charge in [0.15, 0.2) is 5.84 Å². The largest absolute Gasteiger partial charge is 0.444 e. The van der Waals surface area contributed by atoms with Crippen molar-refractivity contribution < 1.29 is 19.7 Å². The molecule has 0 saturated carbocycles. The molecule has 1 heterocycles. The van der Waals surface area contributed by atoms with E-state index in [0.29, 0.717) is 18.5 Å². The first-order chi connectivity index (χ1) is 10.0. The lowest BCUT2D eigenvalue weighted by Crippen LogP contribution is -2.33. The Hall–Kier alpha value is -2.29. The molecule has 112 valence electrons. The molecule has 1 aromatic rings. The lowest BCUT2D eigenvalue weighted by molar-refractivity contribution is -0.384. The van der Waals surface area contributed by atoms with Crippen LogP contribution in [0.15, 0.2) is 29.4 Å². The van der Waals surface area contributed by atoms with Gasteiger partial charge in [-0.05, 0) is 17.7 Å². The number of hydrogen-bond acceptors (Lipinski definition) is 7. The van der Waals surface area contributed by atoms with E-state index in [0.717, 1.165) is 0 Å². The highest BCUT2D eigenvalue weighted by Gasteiger charge is 2.32. The van der Waals surface area contributed by atoms with Crippen molar-refractivity contribution in [3.63, 3.8) is 0 Å². The Labute approximate surface area is 125 Å². The van der Waals surface area contributed by atoms with Crippen LogP contribution in [0.1, 0.15) is 12.0 Å². The third-order valence-corrected chi connectivity index (χ3v) is 3.31. The number of thiol groups is 1. The molecule has 1 saturated heterocycles. The maximum atomic E-state index is 11.9. The standard InChI is InChI=1S/C12H13N3O5S/c16-12(14-6-10(21)5-11(14)13-17)20-7-8-1-3-9(4-2-8)15(18)19/h1-4,10,17,21H,5-7H2/t10-/m0/s1. The number of benzene rings is 1. The number of ether oxygens (including phenoxy) is 1. The zero-order chi connectivity index (χ0) is 15.4. The summed E-state index contributed by atoms with van der Waals surface area (Å²) in [4.78, 5) is 23.1. The molecule has 1 aliphatic heterocycles. The maximum absolute atomic E-state index is 11.9. The van der Waals surface area contributed by atoms with Crippen molar-refractivity contribution in [2.24, 2.45) is 5.16 Å². The Morgan fingerprint density at radius 2 is 2.19 bits per heavy atom. The molecule has 1 fully saturated rings.